The summed E-state index contributed by atoms with van der Waals surface area (Å²) in [6.45, 7) is 6.51. The fraction of sp³-hybridized carbons (Fsp3) is 0.545. The molecule has 0 aliphatic carbocycles. The molecule has 6 nitrogen and oxygen atoms in total. The first-order valence-electron chi connectivity index (χ1n) is 5.65. The second-order valence-corrected chi connectivity index (χ2v) is 3.93. The van der Waals surface area contributed by atoms with Crippen LogP contribution in [0.1, 0.15) is 26.1 Å². The molecule has 0 saturated heterocycles. The number of nitrogens with one attached hydrogen (secondary N) is 2. The molecule has 0 spiro atoms. The summed E-state index contributed by atoms with van der Waals surface area (Å²) in [5.41, 5.74) is 5.13. The molecule has 0 fully saturated rings. The third kappa shape index (κ3) is 4.67. The Balaban J connectivity index is 2.72. The molecule has 0 aromatic carbocycles. The number of rotatable bonds is 6. The maximum atomic E-state index is 10.8. The molecule has 1 atom stereocenters. The maximum absolute atomic E-state index is 10.8. The number of primary amides is 1. The highest BCUT2D eigenvalue weighted by molar-refractivity contribution is 5.74. The van der Waals surface area contributed by atoms with E-state index in [0.717, 1.165) is 12.4 Å². The first-order valence-corrected chi connectivity index (χ1v) is 5.65. The van der Waals surface area contributed by atoms with Crippen molar-refractivity contribution in [2.24, 2.45) is 5.73 Å². The van der Waals surface area contributed by atoms with Gasteiger partial charge in [0.1, 0.15) is 17.5 Å². The van der Waals surface area contributed by atoms with Crippen molar-refractivity contribution in [1.29, 1.82) is 0 Å². The number of anilines is 2. The number of hydrogen-bond donors (Lipinski definition) is 3. The van der Waals surface area contributed by atoms with Crippen LogP contribution in [-0.4, -0.2) is 28.5 Å². The molecule has 17 heavy (non-hydrogen) atoms. The molecule has 6 heteroatoms. The number of carbonyl (C=O) groups excluding carboxylic acids is 1. The summed E-state index contributed by atoms with van der Waals surface area (Å²) in [4.78, 5) is 19.3. The molecule has 1 amide bonds. The van der Waals surface area contributed by atoms with E-state index in [1.54, 1.807) is 0 Å². The number of amides is 1. The Kier molecular flexibility index (Phi) is 4.68. The Morgan fingerprint density at radius 1 is 1.47 bits per heavy atom. The van der Waals surface area contributed by atoms with Crippen molar-refractivity contribution < 1.29 is 4.79 Å². The molecule has 0 aliphatic heterocycles. The number of aryl methyl sites for hydroxylation is 1. The lowest BCUT2D eigenvalue weighted by molar-refractivity contribution is -0.118. The van der Waals surface area contributed by atoms with E-state index in [2.05, 4.69) is 20.6 Å². The molecule has 1 aromatic heterocycles. The average Bonchev–Trinajstić information content (AvgIpc) is 2.14. The molecule has 1 aromatic rings. The minimum atomic E-state index is -0.331. The van der Waals surface area contributed by atoms with Crippen molar-refractivity contribution in [3.05, 3.63) is 11.9 Å². The van der Waals surface area contributed by atoms with Crippen LogP contribution in [0.2, 0.25) is 0 Å². The van der Waals surface area contributed by atoms with Crippen molar-refractivity contribution >= 4 is 17.5 Å². The van der Waals surface area contributed by atoms with E-state index < -0.39 is 0 Å². The van der Waals surface area contributed by atoms with Crippen LogP contribution in [-0.2, 0) is 4.79 Å². The van der Waals surface area contributed by atoms with Gasteiger partial charge in [0.25, 0.3) is 0 Å². The van der Waals surface area contributed by atoms with Crippen molar-refractivity contribution in [2.75, 3.05) is 17.2 Å². The standard InChI is InChI=1S/C11H19N5O/c1-4-13-10-6-11(16-8(3)15-10)14-7(2)5-9(12)17/h6-7H,4-5H2,1-3H3,(H2,12,17)(H2,13,14,15,16). The fourth-order valence-corrected chi connectivity index (χ4v) is 1.52. The lowest BCUT2D eigenvalue weighted by atomic mass is 10.2. The van der Waals surface area contributed by atoms with Gasteiger partial charge in [-0.3, -0.25) is 4.79 Å². The third-order valence-corrected chi connectivity index (χ3v) is 2.10. The van der Waals surface area contributed by atoms with Crippen LogP contribution in [0.15, 0.2) is 6.07 Å². The third-order valence-electron chi connectivity index (χ3n) is 2.10. The Morgan fingerprint density at radius 2 is 2.12 bits per heavy atom. The predicted molar refractivity (Wildman–Crippen MR) is 67.8 cm³/mol. The van der Waals surface area contributed by atoms with Crippen LogP contribution in [0.4, 0.5) is 11.6 Å². The fourth-order valence-electron chi connectivity index (χ4n) is 1.52. The topological polar surface area (TPSA) is 92.9 Å². The molecule has 1 rings (SSSR count). The minimum Gasteiger partial charge on any atom is -0.370 e. The van der Waals surface area contributed by atoms with E-state index in [-0.39, 0.29) is 18.4 Å². The Bertz CT molecular complexity index is 393. The van der Waals surface area contributed by atoms with Crippen molar-refractivity contribution in [2.45, 2.75) is 33.2 Å². The first kappa shape index (κ1) is 13.2. The molecular weight excluding hydrogens is 218 g/mol. The lowest BCUT2D eigenvalue weighted by Gasteiger charge is -2.14. The average molecular weight is 237 g/mol. The summed E-state index contributed by atoms with van der Waals surface area (Å²) in [6, 6.07) is 1.77. The number of aromatic nitrogens is 2. The summed E-state index contributed by atoms with van der Waals surface area (Å²) in [7, 11) is 0. The molecule has 94 valence electrons. The largest absolute Gasteiger partial charge is 0.370 e. The first-order chi connectivity index (χ1) is 8.01. The van der Waals surface area contributed by atoms with Crippen molar-refractivity contribution in [1.82, 2.24) is 9.97 Å². The van der Waals surface area contributed by atoms with Crippen molar-refractivity contribution in [3.63, 3.8) is 0 Å². The lowest BCUT2D eigenvalue weighted by Crippen LogP contribution is -2.24. The van der Waals surface area contributed by atoms with E-state index >= 15 is 0 Å². The Hall–Kier alpha value is -1.85. The molecular formula is C11H19N5O. The van der Waals surface area contributed by atoms with Crippen LogP contribution in [0.25, 0.3) is 0 Å². The highest BCUT2D eigenvalue weighted by Gasteiger charge is 2.08. The summed E-state index contributed by atoms with van der Waals surface area (Å²) in [5, 5.41) is 6.24. The quantitative estimate of drug-likeness (QED) is 0.683. The smallest absolute Gasteiger partial charge is 0.219 e. The normalized spacial score (nSPS) is 11.9. The Morgan fingerprint density at radius 3 is 2.71 bits per heavy atom. The van der Waals surface area contributed by atoms with E-state index in [9.17, 15) is 4.79 Å². The summed E-state index contributed by atoms with van der Waals surface area (Å²) < 4.78 is 0. The summed E-state index contributed by atoms with van der Waals surface area (Å²) in [6.07, 6.45) is 0.277. The van der Waals surface area contributed by atoms with Gasteiger partial charge in [-0.05, 0) is 20.8 Å². The summed E-state index contributed by atoms with van der Waals surface area (Å²) >= 11 is 0. The molecule has 1 heterocycles. The molecule has 1 unspecified atom stereocenters. The number of hydrogen-bond acceptors (Lipinski definition) is 5. The van der Waals surface area contributed by atoms with E-state index in [4.69, 9.17) is 5.73 Å². The highest BCUT2D eigenvalue weighted by atomic mass is 16.1. The van der Waals surface area contributed by atoms with E-state index in [0.29, 0.717) is 11.6 Å². The van der Waals surface area contributed by atoms with Crippen LogP contribution in [0.3, 0.4) is 0 Å². The van der Waals surface area contributed by atoms with Crippen LogP contribution >= 0.6 is 0 Å². The van der Waals surface area contributed by atoms with Gasteiger partial charge in [0.05, 0.1) is 0 Å². The number of nitrogens with zero attached hydrogens (tertiary/aromatic N) is 2. The van der Waals surface area contributed by atoms with Gasteiger partial charge >= 0.3 is 0 Å². The second-order valence-electron chi connectivity index (χ2n) is 3.93. The van der Waals surface area contributed by atoms with Crippen molar-refractivity contribution in [3.8, 4) is 0 Å². The van der Waals surface area contributed by atoms with E-state index in [1.165, 1.54) is 0 Å². The molecule has 4 N–H and O–H groups in total. The minimum absolute atomic E-state index is 0.0451. The van der Waals surface area contributed by atoms with Gasteiger partial charge in [0, 0.05) is 25.1 Å². The number of nitrogens with two attached hydrogens (primary N) is 1. The second kappa shape index (κ2) is 6.03. The van der Waals surface area contributed by atoms with Crippen LogP contribution in [0.5, 0.6) is 0 Å². The van der Waals surface area contributed by atoms with Gasteiger partial charge < -0.3 is 16.4 Å². The molecule has 0 saturated carbocycles. The zero-order valence-electron chi connectivity index (χ0n) is 10.4. The molecule has 0 radical (unpaired) electrons. The number of carbonyl (C=O) groups is 1. The summed E-state index contributed by atoms with van der Waals surface area (Å²) in [5.74, 6) is 1.82. The van der Waals surface area contributed by atoms with E-state index in [1.807, 2.05) is 26.8 Å². The predicted octanol–water partition coefficient (Wildman–Crippen LogP) is 0.893. The van der Waals surface area contributed by atoms with Gasteiger partial charge in [0.2, 0.25) is 5.91 Å². The SMILES string of the molecule is CCNc1cc(NC(C)CC(N)=O)nc(C)n1. The van der Waals surface area contributed by atoms with Gasteiger partial charge in [-0.15, -0.1) is 0 Å². The van der Waals surface area contributed by atoms with Gasteiger partial charge in [-0.2, -0.15) is 0 Å². The zero-order valence-corrected chi connectivity index (χ0v) is 10.4. The highest BCUT2D eigenvalue weighted by Crippen LogP contribution is 2.12. The van der Waals surface area contributed by atoms with Gasteiger partial charge in [0.15, 0.2) is 0 Å². The molecule has 0 bridgehead atoms. The zero-order chi connectivity index (χ0) is 12.8. The van der Waals surface area contributed by atoms with Gasteiger partial charge in [-0.25, -0.2) is 9.97 Å². The Labute approximate surface area is 101 Å². The monoisotopic (exact) mass is 237 g/mol. The van der Waals surface area contributed by atoms with Crippen LogP contribution in [0, 0.1) is 6.92 Å². The van der Waals surface area contributed by atoms with Crippen LogP contribution < -0.4 is 16.4 Å². The molecule has 0 aliphatic rings. The maximum Gasteiger partial charge on any atom is 0.219 e. The van der Waals surface area contributed by atoms with Gasteiger partial charge in [-0.1, -0.05) is 0 Å².